The van der Waals surface area contributed by atoms with Crippen LogP contribution in [-0.4, -0.2) is 24.2 Å². The van der Waals surface area contributed by atoms with Gasteiger partial charge in [-0.15, -0.1) is 11.8 Å². The molecular weight excluding hydrogens is 214 g/mol. The van der Waals surface area contributed by atoms with E-state index in [2.05, 4.69) is 5.32 Å². The lowest BCUT2D eigenvalue weighted by Gasteiger charge is -1.96. The smallest absolute Gasteiger partial charge is 0.244 e. The predicted molar refractivity (Wildman–Crippen MR) is 59.2 cm³/mol. The largest absolute Gasteiger partial charge is 0.468 e. The van der Waals surface area contributed by atoms with E-state index in [1.165, 1.54) is 17.8 Å². The van der Waals surface area contributed by atoms with Crippen LogP contribution in [-0.2, 0) is 10.5 Å². The number of thioether (sulfide) groups is 1. The van der Waals surface area contributed by atoms with Gasteiger partial charge < -0.3 is 14.8 Å². The highest BCUT2D eigenvalue weighted by atomic mass is 32.2. The van der Waals surface area contributed by atoms with Crippen molar-refractivity contribution in [3.63, 3.8) is 0 Å². The number of furan rings is 1. The van der Waals surface area contributed by atoms with E-state index in [-0.39, 0.29) is 19.1 Å². The molecule has 4 nitrogen and oxygen atoms in total. The zero-order valence-electron chi connectivity index (χ0n) is 8.18. The average molecular weight is 227 g/mol. The minimum Gasteiger partial charge on any atom is -0.468 e. The van der Waals surface area contributed by atoms with Crippen LogP contribution in [0.1, 0.15) is 5.76 Å². The van der Waals surface area contributed by atoms with E-state index < -0.39 is 0 Å². The van der Waals surface area contributed by atoms with E-state index in [1.54, 1.807) is 11.7 Å². The maximum atomic E-state index is 11.0. The highest BCUT2D eigenvalue weighted by Crippen LogP contribution is 2.12. The van der Waals surface area contributed by atoms with Crippen molar-refractivity contribution < 1.29 is 14.3 Å². The second kappa shape index (κ2) is 7.14. The van der Waals surface area contributed by atoms with E-state index >= 15 is 0 Å². The molecule has 82 valence electrons. The number of hydrogen-bond acceptors (Lipinski definition) is 4. The second-order valence-corrected chi connectivity index (χ2v) is 3.60. The Labute approximate surface area is 92.4 Å². The molecule has 1 amide bonds. The summed E-state index contributed by atoms with van der Waals surface area (Å²) in [4.78, 5) is 11.0. The molecular formula is C10H13NO3S. The van der Waals surface area contributed by atoms with Gasteiger partial charge in [0, 0.05) is 12.6 Å². The van der Waals surface area contributed by atoms with Crippen molar-refractivity contribution in [3.05, 3.63) is 35.6 Å². The fourth-order valence-electron chi connectivity index (χ4n) is 0.873. The number of aliphatic hydroxyl groups excluding tert-OH is 1. The lowest BCUT2D eigenvalue weighted by Crippen LogP contribution is -2.24. The van der Waals surface area contributed by atoms with Crippen LogP contribution in [0.25, 0.3) is 0 Å². The zero-order chi connectivity index (χ0) is 10.9. The Morgan fingerprint density at radius 3 is 3.20 bits per heavy atom. The van der Waals surface area contributed by atoms with Gasteiger partial charge in [0.25, 0.3) is 0 Å². The molecule has 0 saturated carbocycles. The minimum absolute atomic E-state index is 0.0425. The van der Waals surface area contributed by atoms with E-state index in [0.29, 0.717) is 5.75 Å². The minimum atomic E-state index is -0.198. The van der Waals surface area contributed by atoms with Crippen LogP contribution in [0.5, 0.6) is 0 Å². The van der Waals surface area contributed by atoms with Gasteiger partial charge in [0.05, 0.1) is 18.6 Å². The van der Waals surface area contributed by atoms with E-state index in [9.17, 15) is 4.79 Å². The Hall–Kier alpha value is -1.20. The number of nitrogens with one attached hydrogen (secondary N) is 1. The van der Waals surface area contributed by atoms with Crippen LogP contribution in [0, 0.1) is 0 Å². The van der Waals surface area contributed by atoms with Crippen molar-refractivity contribution in [1.82, 2.24) is 5.32 Å². The third-order valence-electron chi connectivity index (χ3n) is 1.53. The van der Waals surface area contributed by atoms with Crippen LogP contribution in [0.15, 0.2) is 34.3 Å². The van der Waals surface area contributed by atoms with Gasteiger partial charge in [-0.3, -0.25) is 4.79 Å². The standard InChI is InChI=1S/C10H13NO3S/c12-5-4-11-10(13)3-7-15-8-9-2-1-6-14-9/h1-3,6-7,12H,4-5,8H2,(H,11,13)/b7-3+. The summed E-state index contributed by atoms with van der Waals surface area (Å²) < 4.78 is 5.12. The molecule has 5 heteroatoms. The van der Waals surface area contributed by atoms with E-state index in [4.69, 9.17) is 9.52 Å². The topological polar surface area (TPSA) is 62.5 Å². The molecule has 1 rings (SSSR count). The first-order valence-corrected chi connectivity index (χ1v) is 5.57. The van der Waals surface area contributed by atoms with Gasteiger partial charge in [0.2, 0.25) is 5.91 Å². The van der Waals surface area contributed by atoms with Crippen LogP contribution < -0.4 is 5.32 Å². The maximum Gasteiger partial charge on any atom is 0.244 e. The molecule has 2 N–H and O–H groups in total. The highest BCUT2D eigenvalue weighted by molar-refractivity contribution is 8.01. The first-order chi connectivity index (χ1) is 7.33. The summed E-state index contributed by atoms with van der Waals surface area (Å²) in [6, 6.07) is 3.71. The molecule has 0 spiro atoms. The molecule has 0 saturated heterocycles. The third-order valence-corrected chi connectivity index (χ3v) is 2.31. The number of hydrogen-bond donors (Lipinski definition) is 2. The van der Waals surface area contributed by atoms with Crippen molar-refractivity contribution in [1.29, 1.82) is 0 Å². The molecule has 0 aliphatic heterocycles. The first kappa shape index (κ1) is 11.9. The summed E-state index contributed by atoms with van der Waals surface area (Å²) in [7, 11) is 0. The number of aliphatic hydroxyl groups is 1. The van der Waals surface area contributed by atoms with Gasteiger partial charge in [-0.25, -0.2) is 0 Å². The SMILES string of the molecule is O=C(/C=C/SCc1ccco1)NCCO. The number of rotatable bonds is 6. The molecule has 0 unspecified atom stereocenters. The summed E-state index contributed by atoms with van der Waals surface area (Å²) in [5.74, 6) is 1.38. The van der Waals surface area contributed by atoms with Crippen molar-refractivity contribution >= 4 is 17.7 Å². The quantitative estimate of drug-likeness (QED) is 0.715. The lowest BCUT2D eigenvalue weighted by atomic mass is 10.5. The maximum absolute atomic E-state index is 11.0. The Kier molecular flexibility index (Phi) is 5.65. The van der Waals surface area contributed by atoms with Crippen LogP contribution >= 0.6 is 11.8 Å². The molecule has 15 heavy (non-hydrogen) atoms. The van der Waals surface area contributed by atoms with Crippen molar-refractivity contribution in [2.24, 2.45) is 0 Å². The monoisotopic (exact) mass is 227 g/mol. The molecule has 0 aliphatic carbocycles. The second-order valence-electron chi connectivity index (χ2n) is 2.71. The average Bonchev–Trinajstić information content (AvgIpc) is 2.74. The fourth-order valence-corrected chi connectivity index (χ4v) is 1.52. The summed E-state index contributed by atoms with van der Waals surface area (Å²) in [6.07, 6.45) is 3.05. The Morgan fingerprint density at radius 1 is 1.67 bits per heavy atom. The summed E-state index contributed by atoms with van der Waals surface area (Å²) in [5, 5.41) is 12.7. The summed E-state index contributed by atoms with van der Waals surface area (Å²) in [5.41, 5.74) is 0. The van der Waals surface area contributed by atoms with Crippen molar-refractivity contribution in [2.45, 2.75) is 5.75 Å². The third kappa shape index (κ3) is 5.29. The van der Waals surface area contributed by atoms with Gasteiger partial charge in [0.15, 0.2) is 0 Å². The molecule has 1 aromatic rings. The number of amides is 1. The summed E-state index contributed by atoms with van der Waals surface area (Å²) >= 11 is 1.48. The molecule has 0 radical (unpaired) electrons. The van der Waals surface area contributed by atoms with Crippen LogP contribution in [0.4, 0.5) is 0 Å². The molecule has 1 aromatic heterocycles. The van der Waals surface area contributed by atoms with Crippen LogP contribution in [0.3, 0.4) is 0 Å². The van der Waals surface area contributed by atoms with Gasteiger partial charge in [-0.2, -0.15) is 0 Å². The van der Waals surface area contributed by atoms with Gasteiger partial charge in [-0.1, -0.05) is 0 Å². The molecule has 0 aliphatic rings. The number of carbonyl (C=O) groups excluding carboxylic acids is 1. The summed E-state index contributed by atoms with van der Waals surface area (Å²) in [6.45, 7) is 0.241. The molecule has 0 aromatic carbocycles. The van der Waals surface area contributed by atoms with Crippen molar-refractivity contribution in [2.75, 3.05) is 13.2 Å². The molecule has 0 bridgehead atoms. The molecule has 0 fully saturated rings. The zero-order valence-corrected chi connectivity index (χ0v) is 9.00. The fraction of sp³-hybridized carbons (Fsp3) is 0.300. The van der Waals surface area contributed by atoms with E-state index in [0.717, 1.165) is 5.76 Å². The molecule has 1 heterocycles. The Bertz CT molecular complexity index is 308. The number of carbonyl (C=O) groups is 1. The van der Waals surface area contributed by atoms with Gasteiger partial charge in [-0.05, 0) is 17.5 Å². The Balaban J connectivity index is 2.13. The van der Waals surface area contributed by atoms with Gasteiger partial charge in [0.1, 0.15) is 5.76 Å². The first-order valence-electron chi connectivity index (χ1n) is 4.52. The Morgan fingerprint density at radius 2 is 2.53 bits per heavy atom. The van der Waals surface area contributed by atoms with E-state index in [1.807, 2.05) is 12.1 Å². The lowest BCUT2D eigenvalue weighted by molar-refractivity contribution is -0.116. The highest BCUT2D eigenvalue weighted by Gasteiger charge is 1.94. The molecule has 0 atom stereocenters. The van der Waals surface area contributed by atoms with Crippen LogP contribution in [0.2, 0.25) is 0 Å². The van der Waals surface area contributed by atoms with Crippen molar-refractivity contribution in [3.8, 4) is 0 Å². The van der Waals surface area contributed by atoms with Gasteiger partial charge >= 0.3 is 0 Å². The predicted octanol–water partition coefficient (Wildman–Crippen LogP) is 1.14. The normalized spacial score (nSPS) is 10.7.